The number of hydrogen-bond acceptors (Lipinski definition) is 5. The van der Waals surface area contributed by atoms with Crippen LogP contribution in [0.5, 0.6) is 0 Å². The summed E-state index contributed by atoms with van der Waals surface area (Å²) in [6, 6.07) is 5.52. The molecule has 2 heterocycles. The molecule has 0 bridgehead atoms. The van der Waals surface area contributed by atoms with Crippen molar-refractivity contribution in [3.63, 3.8) is 0 Å². The van der Waals surface area contributed by atoms with E-state index in [1.807, 2.05) is 44.2 Å². The third-order valence-corrected chi connectivity index (χ3v) is 4.03. The minimum Gasteiger partial charge on any atom is -0.383 e. The first-order valence-electron chi connectivity index (χ1n) is 8.54. The highest BCUT2D eigenvalue weighted by Crippen LogP contribution is 2.20. The number of aryl methyl sites for hydroxylation is 1. The van der Waals surface area contributed by atoms with Crippen molar-refractivity contribution in [1.29, 1.82) is 5.26 Å². The van der Waals surface area contributed by atoms with Crippen LogP contribution in [0.25, 0.3) is 23.4 Å². The smallest absolute Gasteiger partial charge is 0.234 e. The monoisotopic (exact) mass is 349 g/mol. The van der Waals surface area contributed by atoms with Gasteiger partial charge in [-0.3, -0.25) is 9.78 Å². The highest BCUT2D eigenvalue weighted by Gasteiger charge is 2.09. The fraction of sp³-hybridized carbons (Fsp3) is 0.300. The van der Waals surface area contributed by atoms with Crippen LogP contribution in [0.3, 0.4) is 0 Å². The lowest BCUT2D eigenvalue weighted by Gasteiger charge is -2.10. The zero-order valence-electron chi connectivity index (χ0n) is 15.3. The largest absolute Gasteiger partial charge is 0.383 e. The number of nitrogens with one attached hydrogen (secondary N) is 1. The predicted molar refractivity (Wildman–Crippen MR) is 103 cm³/mol. The van der Waals surface area contributed by atoms with Crippen LogP contribution in [0.4, 0.5) is 5.82 Å². The number of hydrogen-bond donors (Lipinski definition) is 2. The Hall–Kier alpha value is -3.20. The number of nitrogens with two attached hydrogens (primary N) is 1. The van der Waals surface area contributed by atoms with Crippen LogP contribution in [-0.2, 0) is 11.2 Å². The maximum Gasteiger partial charge on any atom is 0.234 e. The standard InChI is InChI=1S/C20H23N5O/c1-4-14-7-9-23-12-17(14)18-11-15(16(5-2)20(22)25-18)10-13(3)24-19(26)6-8-21/h5,7,9-13H,4,6H2,1-3H3,(H2,22,25)(H,24,26)/b15-10-,16-5+. The number of nitrogen functional groups attached to an aromatic ring is 1. The average molecular weight is 349 g/mol. The van der Waals surface area contributed by atoms with Crippen molar-refractivity contribution in [2.75, 3.05) is 5.73 Å². The second-order valence-corrected chi connectivity index (χ2v) is 5.93. The first-order valence-corrected chi connectivity index (χ1v) is 8.54. The number of carbonyl (C=O) groups is 1. The van der Waals surface area contributed by atoms with Gasteiger partial charge in [-0.2, -0.15) is 5.26 Å². The van der Waals surface area contributed by atoms with Gasteiger partial charge in [0.05, 0.1) is 11.8 Å². The minimum atomic E-state index is -0.305. The fourth-order valence-corrected chi connectivity index (χ4v) is 2.84. The van der Waals surface area contributed by atoms with Crippen molar-refractivity contribution in [3.05, 3.63) is 40.5 Å². The number of carbonyl (C=O) groups excluding carboxylic acids is 1. The number of amides is 1. The summed E-state index contributed by atoms with van der Waals surface area (Å²) in [7, 11) is 0. The molecule has 1 amide bonds. The summed E-state index contributed by atoms with van der Waals surface area (Å²) in [5, 5.41) is 13.1. The molecule has 0 saturated carbocycles. The Morgan fingerprint density at radius 3 is 2.92 bits per heavy atom. The zero-order chi connectivity index (χ0) is 19.1. The van der Waals surface area contributed by atoms with Gasteiger partial charge < -0.3 is 11.1 Å². The number of anilines is 1. The highest BCUT2D eigenvalue weighted by molar-refractivity contribution is 5.79. The van der Waals surface area contributed by atoms with Gasteiger partial charge in [-0.05, 0) is 43.2 Å². The number of nitrogens with zero attached hydrogens (tertiary/aromatic N) is 3. The maximum atomic E-state index is 11.6. The summed E-state index contributed by atoms with van der Waals surface area (Å²) in [4.78, 5) is 20.4. The number of rotatable bonds is 5. The second kappa shape index (κ2) is 8.77. The molecule has 2 rings (SSSR count). The number of aromatic nitrogens is 2. The van der Waals surface area contributed by atoms with E-state index in [-0.39, 0.29) is 18.4 Å². The van der Waals surface area contributed by atoms with Gasteiger partial charge in [0.1, 0.15) is 12.2 Å². The Labute approximate surface area is 153 Å². The Balaban J connectivity index is 2.56. The van der Waals surface area contributed by atoms with Crippen molar-refractivity contribution in [1.82, 2.24) is 15.3 Å². The van der Waals surface area contributed by atoms with E-state index in [1.54, 1.807) is 12.4 Å². The van der Waals surface area contributed by atoms with Crippen LogP contribution in [0.2, 0.25) is 0 Å². The molecule has 0 aliphatic heterocycles. The molecule has 0 aliphatic carbocycles. The van der Waals surface area contributed by atoms with E-state index in [2.05, 4.69) is 22.2 Å². The lowest BCUT2D eigenvalue weighted by Crippen LogP contribution is -2.36. The van der Waals surface area contributed by atoms with Gasteiger partial charge >= 0.3 is 0 Å². The topological polar surface area (TPSA) is 105 Å². The molecule has 6 nitrogen and oxygen atoms in total. The van der Waals surface area contributed by atoms with E-state index in [0.717, 1.165) is 33.7 Å². The molecule has 0 radical (unpaired) electrons. The molecule has 0 aromatic carbocycles. The summed E-state index contributed by atoms with van der Waals surface area (Å²) in [6.45, 7) is 5.83. The first kappa shape index (κ1) is 19.1. The van der Waals surface area contributed by atoms with Crippen molar-refractivity contribution < 1.29 is 4.79 Å². The number of pyridine rings is 2. The van der Waals surface area contributed by atoms with Gasteiger partial charge in [0.2, 0.25) is 5.91 Å². The molecule has 0 spiro atoms. The van der Waals surface area contributed by atoms with E-state index in [9.17, 15) is 4.79 Å². The predicted octanol–water partition coefficient (Wildman–Crippen LogP) is 1.29. The molecular weight excluding hydrogens is 326 g/mol. The van der Waals surface area contributed by atoms with Crippen LogP contribution in [-0.4, -0.2) is 21.9 Å². The highest BCUT2D eigenvalue weighted by atomic mass is 16.1. The molecule has 1 atom stereocenters. The molecule has 26 heavy (non-hydrogen) atoms. The van der Waals surface area contributed by atoms with Crippen LogP contribution in [0.15, 0.2) is 24.5 Å². The molecular formula is C20H23N5O. The maximum absolute atomic E-state index is 11.6. The third kappa shape index (κ3) is 4.45. The van der Waals surface area contributed by atoms with Gasteiger partial charge in [-0.15, -0.1) is 0 Å². The summed E-state index contributed by atoms with van der Waals surface area (Å²) in [5.41, 5.74) is 9.01. The molecule has 6 heteroatoms. The Kier molecular flexibility index (Phi) is 6.45. The van der Waals surface area contributed by atoms with Crippen LogP contribution in [0, 0.1) is 11.3 Å². The van der Waals surface area contributed by atoms with Gasteiger partial charge in [-0.1, -0.05) is 19.1 Å². The van der Waals surface area contributed by atoms with E-state index in [4.69, 9.17) is 11.0 Å². The van der Waals surface area contributed by atoms with E-state index in [0.29, 0.717) is 5.82 Å². The van der Waals surface area contributed by atoms with Gasteiger partial charge in [0.25, 0.3) is 0 Å². The summed E-state index contributed by atoms with van der Waals surface area (Å²) in [5.74, 6) is 0.124. The number of nitriles is 1. The van der Waals surface area contributed by atoms with Gasteiger partial charge in [0, 0.05) is 29.2 Å². The summed E-state index contributed by atoms with van der Waals surface area (Å²) >= 11 is 0. The zero-order valence-corrected chi connectivity index (χ0v) is 15.3. The molecule has 0 aliphatic rings. The SMILES string of the molecule is C/C=c1/c(N)nc(-c2cnccc2CC)c/c1=C/C(C)NC(=O)CC#N. The normalized spacial score (nSPS) is 13.3. The van der Waals surface area contributed by atoms with Gasteiger partial charge in [-0.25, -0.2) is 4.98 Å². The first-order chi connectivity index (χ1) is 12.5. The lowest BCUT2D eigenvalue weighted by molar-refractivity contribution is -0.120. The molecule has 2 aromatic rings. The van der Waals surface area contributed by atoms with E-state index < -0.39 is 0 Å². The third-order valence-electron chi connectivity index (χ3n) is 4.03. The van der Waals surface area contributed by atoms with Crippen LogP contribution >= 0.6 is 0 Å². The summed E-state index contributed by atoms with van der Waals surface area (Å²) in [6.07, 6.45) is 8.06. The van der Waals surface area contributed by atoms with Crippen LogP contribution in [0.1, 0.15) is 32.8 Å². The van der Waals surface area contributed by atoms with Crippen molar-refractivity contribution >= 4 is 23.9 Å². The van der Waals surface area contributed by atoms with Crippen LogP contribution < -0.4 is 21.5 Å². The fourth-order valence-electron chi connectivity index (χ4n) is 2.84. The molecule has 0 saturated heterocycles. The van der Waals surface area contributed by atoms with Crippen molar-refractivity contribution in [3.8, 4) is 17.3 Å². The molecule has 2 aromatic heterocycles. The molecule has 134 valence electrons. The quantitative estimate of drug-likeness (QED) is 0.846. The molecule has 0 fully saturated rings. The molecule has 3 N–H and O–H groups in total. The van der Waals surface area contributed by atoms with Crippen molar-refractivity contribution in [2.24, 2.45) is 0 Å². The van der Waals surface area contributed by atoms with E-state index >= 15 is 0 Å². The van der Waals surface area contributed by atoms with Gasteiger partial charge in [0.15, 0.2) is 0 Å². The molecule has 1 unspecified atom stereocenters. The Bertz CT molecular complexity index is 959. The Morgan fingerprint density at radius 2 is 2.27 bits per heavy atom. The second-order valence-electron chi connectivity index (χ2n) is 5.93. The summed E-state index contributed by atoms with van der Waals surface area (Å²) < 4.78 is 0. The Morgan fingerprint density at radius 1 is 1.50 bits per heavy atom. The van der Waals surface area contributed by atoms with E-state index in [1.165, 1.54) is 0 Å². The van der Waals surface area contributed by atoms with Crippen molar-refractivity contribution in [2.45, 2.75) is 39.7 Å². The lowest BCUT2D eigenvalue weighted by atomic mass is 10.0. The minimum absolute atomic E-state index is 0.162. The average Bonchev–Trinajstić information content (AvgIpc) is 2.61.